The maximum absolute atomic E-state index is 12.4. The molecule has 21 heavy (non-hydrogen) atoms. The molecular formula is C14H16N2O3S2. The Bertz CT molecular complexity index is 746. The van der Waals surface area contributed by atoms with E-state index in [4.69, 9.17) is 10.5 Å². The molecule has 0 bridgehead atoms. The van der Waals surface area contributed by atoms with Gasteiger partial charge in [-0.2, -0.15) is 0 Å². The van der Waals surface area contributed by atoms with Gasteiger partial charge in [-0.05, 0) is 30.5 Å². The Kier molecular flexibility index (Phi) is 4.64. The van der Waals surface area contributed by atoms with Crippen LogP contribution in [0.1, 0.15) is 0 Å². The van der Waals surface area contributed by atoms with Crippen LogP contribution in [0.2, 0.25) is 0 Å². The molecule has 3 N–H and O–H groups in total. The highest BCUT2D eigenvalue weighted by Crippen LogP contribution is 2.29. The van der Waals surface area contributed by atoms with Crippen molar-refractivity contribution in [3.63, 3.8) is 0 Å². The minimum Gasteiger partial charge on any atom is -0.497 e. The predicted molar refractivity (Wildman–Crippen MR) is 86.4 cm³/mol. The molecule has 0 aromatic heterocycles. The summed E-state index contributed by atoms with van der Waals surface area (Å²) in [5.74, 6) is 0.510. The predicted octanol–water partition coefficient (Wildman–Crippen LogP) is 2.80. The number of rotatable bonds is 5. The van der Waals surface area contributed by atoms with Crippen molar-refractivity contribution in [3.8, 4) is 5.75 Å². The number of sulfonamides is 1. The van der Waals surface area contributed by atoms with Crippen LogP contribution in [0.3, 0.4) is 0 Å². The van der Waals surface area contributed by atoms with E-state index in [0.29, 0.717) is 11.4 Å². The molecule has 2 aromatic rings. The lowest BCUT2D eigenvalue weighted by Gasteiger charge is -2.13. The number of methoxy groups -OCH3 is 1. The van der Waals surface area contributed by atoms with Crippen molar-refractivity contribution in [2.75, 3.05) is 23.8 Å². The molecule has 0 aliphatic heterocycles. The first-order valence-corrected chi connectivity index (χ1v) is 8.78. The Hall–Kier alpha value is -1.86. The Morgan fingerprint density at radius 2 is 1.90 bits per heavy atom. The van der Waals surface area contributed by atoms with Gasteiger partial charge in [-0.25, -0.2) is 8.42 Å². The van der Waals surface area contributed by atoms with E-state index in [2.05, 4.69) is 4.72 Å². The number of thioether (sulfide) groups is 1. The first-order chi connectivity index (χ1) is 9.97. The smallest absolute Gasteiger partial charge is 0.263 e. The van der Waals surface area contributed by atoms with E-state index in [1.54, 1.807) is 18.2 Å². The van der Waals surface area contributed by atoms with Gasteiger partial charge in [0.2, 0.25) is 0 Å². The zero-order valence-electron chi connectivity index (χ0n) is 11.7. The van der Waals surface area contributed by atoms with Gasteiger partial charge in [0.1, 0.15) is 10.6 Å². The number of hydrogen-bond acceptors (Lipinski definition) is 5. The topological polar surface area (TPSA) is 81.4 Å². The van der Waals surface area contributed by atoms with Crippen LogP contribution in [-0.2, 0) is 10.0 Å². The van der Waals surface area contributed by atoms with Crippen molar-refractivity contribution >= 4 is 33.2 Å². The molecule has 0 fully saturated rings. The van der Waals surface area contributed by atoms with Gasteiger partial charge in [0.25, 0.3) is 10.0 Å². The third-order valence-electron chi connectivity index (χ3n) is 2.86. The highest BCUT2D eigenvalue weighted by atomic mass is 32.2. The molecule has 7 heteroatoms. The van der Waals surface area contributed by atoms with Crippen LogP contribution >= 0.6 is 11.8 Å². The molecule has 2 aromatic carbocycles. The summed E-state index contributed by atoms with van der Waals surface area (Å²) in [6.07, 6.45) is 1.88. The molecule has 0 radical (unpaired) electrons. The summed E-state index contributed by atoms with van der Waals surface area (Å²) < 4.78 is 32.5. The number of ether oxygens (including phenoxy) is 1. The molecule has 2 rings (SSSR count). The molecule has 0 atom stereocenters. The Morgan fingerprint density at radius 1 is 1.19 bits per heavy atom. The Morgan fingerprint density at radius 3 is 2.52 bits per heavy atom. The molecular weight excluding hydrogens is 308 g/mol. The summed E-state index contributed by atoms with van der Waals surface area (Å²) in [4.78, 5) is 0.868. The average molecular weight is 324 g/mol. The standard InChI is InChI=1S/C14H16N2O3S2/c1-19-10-7-8-14(11(15)9-10)21(17,18)16-12-5-3-4-6-13(12)20-2/h3-9,16H,15H2,1-2H3. The molecule has 0 aliphatic rings. The fourth-order valence-corrected chi connectivity index (χ4v) is 3.64. The SMILES string of the molecule is COc1ccc(S(=O)(=O)Nc2ccccc2SC)c(N)c1. The van der Waals surface area contributed by atoms with Gasteiger partial charge in [0, 0.05) is 11.0 Å². The molecule has 0 amide bonds. The van der Waals surface area contributed by atoms with E-state index in [1.165, 1.54) is 31.0 Å². The molecule has 0 unspecified atom stereocenters. The van der Waals surface area contributed by atoms with Crippen molar-refractivity contribution in [3.05, 3.63) is 42.5 Å². The summed E-state index contributed by atoms with van der Waals surface area (Å²) in [6, 6.07) is 11.7. The van der Waals surface area contributed by atoms with Crippen molar-refractivity contribution in [2.24, 2.45) is 0 Å². The van der Waals surface area contributed by atoms with Crippen LogP contribution in [0.25, 0.3) is 0 Å². The van der Waals surface area contributed by atoms with Gasteiger partial charge in [-0.15, -0.1) is 11.8 Å². The van der Waals surface area contributed by atoms with Crippen molar-refractivity contribution < 1.29 is 13.2 Å². The largest absolute Gasteiger partial charge is 0.497 e. The summed E-state index contributed by atoms with van der Waals surface area (Å²) in [5, 5.41) is 0. The summed E-state index contributed by atoms with van der Waals surface area (Å²) in [7, 11) is -2.25. The highest BCUT2D eigenvalue weighted by molar-refractivity contribution is 7.99. The van der Waals surface area contributed by atoms with Gasteiger partial charge in [-0.1, -0.05) is 12.1 Å². The average Bonchev–Trinajstić information content (AvgIpc) is 2.47. The second-order valence-electron chi connectivity index (χ2n) is 4.21. The molecule has 5 nitrogen and oxygen atoms in total. The van der Waals surface area contributed by atoms with Gasteiger partial charge < -0.3 is 10.5 Å². The van der Waals surface area contributed by atoms with Crippen molar-refractivity contribution in [1.82, 2.24) is 0 Å². The van der Waals surface area contributed by atoms with Gasteiger partial charge in [-0.3, -0.25) is 4.72 Å². The lowest BCUT2D eigenvalue weighted by molar-refractivity contribution is 0.414. The monoisotopic (exact) mass is 324 g/mol. The summed E-state index contributed by atoms with van der Waals surface area (Å²) >= 11 is 1.46. The third kappa shape index (κ3) is 3.43. The first kappa shape index (κ1) is 15.5. The van der Waals surface area contributed by atoms with E-state index in [1.807, 2.05) is 18.4 Å². The molecule has 0 spiro atoms. The highest BCUT2D eigenvalue weighted by Gasteiger charge is 2.19. The number of nitrogen functional groups attached to an aromatic ring is 1. The van der Waals surface area contributed by atoms with E-state index in [0.717, 1.165) is 4.90 Å². The first-order valence-electron chi connectivity index (χ1n) is 6.07. The second kappa shape index (κ2) is 6.28. The zero-order valence-corrected chi connectivity index (χ0v) is 13.3. The second-order valence-corrected chi connectivity index (χ2v) is 6.71. The fourth-order valence-electron chi connectivity index (χ4n) is 1.83. The summed E-state index contributed by atoms with van der Waals surface area (Å²) in [5.41, 5.74) is 6.47. The number of benzene rings is 2. The zero-order chi connectivity index (χ0) is 15.5. The molecule has 0 saturated carbocycles. The molecule has 0 aliphatic carbocycles. The van der Waals surface area contributed by atoms with Crippen LogP contribution in [0, 0.1) is 0 Å². The minimum atomic E-state index is -3.75. The molecule has 112 valence electrons. The van der Waals surface area contributed by atoms with E-state index >= 15 is 0 Å². The number of nitrogens with one attached hydrogen (secondary N) is 1. The lowest BCUT2D eigenvalue weighted by atomic mass is 10.3. The molecule has 0 saturated heterocycles. The normalized spacial score (nSPS) is 11.1. The van der Waals surface area contributed by atoms with Crippen LogP contribution in [-0.4, -0.2) is 21.8 Å². The Labute approximate surface area is 128 Å². The lowest BCUT2D eigenvalue weighted by Crippen LogP contribution is -2.15. The Balaban J connectivity index is 2.39. The summed E-state index contributed by atoms with van der Waals surface area (Å²) in [6.45, 7) is 0. The van der Waals surface area contributed by atoms with Crippen LogP contribution < -0.4 is 15.2 Å². The third-order valence-corrected chi connectivity index (χ3v) is 5.09. The fraction of sp³-hybridized carbons (Fsp3) is 0.143. The maximum Gasteiger partial charge on any atom is 0.263 e. The van der Waals surface area contributed by atoms with Crippen LogP contribution in [0.15, 0.2) is 52.3 Å². The number of nitrogens with two attached hydrogens (primary N) is 1. The van der Waals surface area contributed by atoms with Gasteiger partial charge in [0.05, 0.1) is 18.5 Å². The van der Waals surface area contributed by atoms with Gasteiger partial charge in [0.15, 0.2) is 0 Å². The van der Waals surface area contributed by atoms with Crippen LogP contribution in [0.5, 0.6) is 5.75 Å². The number of anilines is 2. The van der Waals surface area contributed by atoms with E-state index < -0.39 is 10.0 Å². The number of para-hydroxylation sites is 1. The van der Waals surface area contributed by atoms with E-state index in [-0.39, 0.29) is 10.6 Å². The van der Waals surface area contributed by atoms with Crippen molar-refractivity contribution in [2.45, 2.75) is 9.79 Å². The van der Waals surface area contributed by atoms with E-state index in [9.17, 15) is 8.42 Å². The molecule has 0 heterocycles. The van der Waals surface area contributed by atoms with Crippen molar-refractivity contribution in [1.29, 1.82) is 0 Å². The number of hydrogen-bond donors (Lipinski definition) is 2. The quantitative estimate of drug-likeness (QED) is 0.653. The minimum absolute atomic E-state index is 0.0270. The maximum atomic E-state index is 12.4. The van der Waals surface area contributed by atoms with Gasteiger partial charge >= 0.3 is 0 Å². The van der Waals surface area contributed by atoms with Crippen LogP contribution in [0.4, 0.5) is 11.4 Å².